The molecule has 0 fully saturated rings. The second kappa shape index (κ2) is 6.33. The van der Waals surface area contributed by atoms with Gasteiger partial charge < -0.3 is 16.4 Å². The second-order valence-corrected chi connectivity index (χ2v) is 4.16. The Balaban J connectivity index is 1.79. The van der Waals surface area contributed by atoms with Crippen LogP contribution in [0.25, 0.3) is 0 Å². The maximum Gasteiger partial charge on any atom is 0.224 e. The summed E-state index contributed by atoms with van der Waals surface area (Å²) in [6.45, 7) is 3.14. The van der Waals surface area contributed by atoms with Crippen molar-refractivity contribution in [3.63, 3.8) is 0 Å². The highest BCUT2D eigenvalue weighted by Crippen LogP contribution is 2.06. The van der Waals surface area contributed by atoms with Crippen molar-refractivity contribution in [2.24, 2.45) is 0 Å². The highest BCUT2D eigenvalue weighted by atomic mass is 15.1. The van der Waals surface area contributed by atoms with Gasteiger partial charge in [-0.3, -0.25) is 0 Å². The van der Waals surface area contributed by atoms with Crippen LogP contribution in [0.3, 0.4) is 0 Å². The van der Waals surface area contributed by atoms with Crippen LogP contribution in [-0.2, 0) is 0 Å². The average Bonchev–Trinajstić information content (AvgIpc) is 2.43. The molecule has 0 amide bonds. The van der Waals surface area contributed by atoms with Crippen LogP contribution in [-0.4, -0.2) is 28.0 Å². The Hall–Kier alpha value is -2.88. The fourth-order valence-corrected chi connectivity index (χ4v) is 1.60. The van der Waals surface area contributed by atoms with Gasteiger partial charge >= 0.3 is 0 Å². The van der Waals surface area contributed by atoms with E-state index in [0.717, 1.165) is 11.5 Å². The Morgan fingerprint density at radius 1 is 1.25 bits per heavy atom. The lowest BCUT2D eigenvalue weighted by molar-refractivity contribution is 1.01. The number of aromatic nitrogens is 3. The topological polar surface area (TPSA) is 113 Å². The third-order valence-electron chi connectivity index (χ3n) is 2.48. The summed E-state index contributed by atoms with van der Waals surface area (Å²) >= 11 is 0. The molecule has 0 aromatic carbocycles. The van der Waals surface area contributed by atoms with E-state index in [1.165, 1.54) is 6.20 Å². The number of nitrogen functional groups attached to an aromatic ring is 1. The summed E-state index contributed by atoms with van der Waals surface area (Å²) < 4.78 is 0. The van der Waals surface area contributed by atoms with Crippen LogP contribution < -0.4 is 16.4 Å². The number of aryl methyl sites for hydroxylation is 1. The number of nitriles is 1. The minimum Gasteiger partial charge on any atom is -0.384 e. The first-order chi connectivity index (χ1) is 9.67. The van der Waals surface area contributed by atoms with Crippen LogP contribution in [0.1, 0.15) is 11.3 Å². The quantitative estimate of drug-likeness (QED) is 0.698. The molecule has 2 heterocycles. The van der Waals surface area contributed by atoms with E-state index in [9.17, 15) is 0 Å². The molecule has 0 atom stereocenters. The maximum atomic E-state index is 8.67. The number of nitrogens with two attached hydrogens (primary N) is 1. The van der Waals surface area contributed by atoms with Crippen LogP contribution >= 0.6 is 0 Å². The summed E-state index contributed by atoms with van der Waals surface area (Å²) in [6.07, 6.45) is 1.53. The zero-order chi connectivity index (χ0) is 14.4. The highest BCUT2D eigenvalue weighted by Gasteiger charge is 1.99. The second-order valence-electron chi connectivity index (χ2n) is 4.16. The molecule has 0 aliphatic carbocycles. The lowest BCUT2D eigenvalue weighted by atomic mass is 10.3. The number of rotatable bonds is 5. The lowest BCUT2D eigenvalue weighted by Crippen LogP contribution is -2.16. The lowest BCUT2D eigenvalue weighted by Gasteiger charge is -2.08. The van der Waals surface area contributed by atoms with Crippen molar-refractivity contribution in [2.75, 3.05) is 29.5 Å². The van der Waals surface area contributed by atoms with Crippen LogP contribution in [0.4, 0.5) is 17.6 Å². The maximum absolute atomic E-state index is 8.67. The van der Waals surface area contributed by atoms with Gasteiger partial charge in [0, 0.05) is 31.0 Å². The molecule has 7 nitrogen and oxygen atoms in total. The molecule has 0 bridgehead atoms. The van der Waals surface area contributed by atoms with Gasteiger partial charge in [0.2, 0.25) is 5.95 Å². The van der Waals surface area contributed by atoms with Crippen LogP contribution in [0.15, 0.2) is 24.4 Å². The molecular weight excluding hydrogens is 254 g/mol. The van der Waals surface area contributed by atoms with E-state index >= 15 is 0 Å². The monoisotopic (exact) mass is 269 g/mol. The van der Waals surface area contributed by atoms with Gasteiger partial charge in [0.15, 0.2) is 0 Å². The van der Waals surface area contributed by atoms with Gasteiger partial charge in [0.25, 0.3) is 0 Å². The average molecular weight is 269 g/mol. The molecule has 0 spiro atoms. The minimum absolute atomic E-state index is 0.446. The van der Waals surface area contributed by atoms with Crippen molar-refractivity contribution in [3.05, 3.63) is 35.7 Å². The molecule has 102 valence electrons. The fourth-order valence-electron chi connectivity index (χ4n) is 1.60. The van der Waals surface area contributed by atoms with Gasteiger partial charge in [-0.2, -0.15) is 10.2 Å². The first-order valence-electron chi connectivity index (χ1n) is 6.12. The van der Waals surface area contributed by atoms with Crippen LogP contribution in [0.2, 0.25) is 0 Å². The largest absolute Gasteiger partial charge is 0.384 e. The van der Waals surface area contributed by atoms with Crippen molar-refractivity contribution in [2.45, 2.75) is 6.92 Å². The van der Waals surface area contributed by atoms with Gasteiger partial charge in [0.1, 0.15) is 17.7 Å². The molecule has 2 aromatic heterocycles. The molecule has 0 aliphatic rings. The van der Waals surface area contributed by atoms with E-state index in [1.54, 1.807) is 18.2 Å². The smallest absolute Gasteiger partial charge is 0.224 e. The van der Waals surface area contributed by atoms with E-state index in [4.69, 9.17) is 11.0 Å². The molecule has 2 rings (SSSR count). The molecule has 7 heteroatoms. The van der Waals surface area contributed by atoms with Crippen LogP contribution in [0.5, 0.6) is 0 Å². The minimum atomic E-state index is 0.446. The molecule has 0 radical (unpaired) electrons. The Kier molecular flexibility index (Phi) is 4.29. The predicted octanol–water partition coefficient (Wildman–Crippen LogP) is 1.16. The summed E-state index contributed by atoms with van der Waals surface area (Å²) in [6, 6.07) is 7.21. The standard InChI is InChI=1S/C13H15N7/c1-9-6-11(15)20-13(19-9)17-5-4-16-12-3-2-10(7-14)8-18-12/h2-3,6,8H,4-5H2,1H3,(H,16,18)(H3,15,17,19,20). The zero-order valence-electron chi connectivity index (χ0n) is 11.1. The van der Waals surface area contributed by atoms with Crippen molar-refractivity contribution >= 4 is 17.6 Å². The Morgan fingerprint density at radius 2 is 2.05 bits per heavy atom. The van der Waals surface area contributed by atoms with Crippen molar-refractivity contribution < 1.29 is 0 Å². The van der Waals surface area contributed by atoms with E-state index in [0.29, 0.717) is 30.4 Å². The highest BCUT2D eigenvalue weighted by molar-refractivity contribution is 5.40. The molecule has 2 aromatic rings. The van der Waals surface area contributed by atoms with Gasteiger partial charge in [-0.25, -0.2) is 9.97 Å². The summed E-state index contributed by atoms with van der Waals surface area (Å²) in [4.78, 5) is 12.4. The first kappa shape index (κ1) is 13.5. The Bertz CT molecular complexity index is 595. The summed E-state index contributed by atoms with van der Waals surface area (Å²) in [5.74, 6) is 1.68. The van der Waals surface area contributed by atoms with Crippen molar-refractivity contribution in [1.82, 2.24) is 15.0 Å². The molecule has 0 aliphatic heterocycles. The molecule has 0 unspecified atom stereocenters. The predicted molar refractivity (Wildman–Crippen MR) is 77.1 cm³/mol. The van der Waals surface area contributed by atoms with Crippen LogP contribution in [0, 0.1) is 18.3 Å². The third-order valence-corrected chi connectivity index (χ3v) is 2.48. The number of hydrogen-bond acceptors (Lipinski definition) is 7. The summed E-state index contributed by atoms with van der Waals surface area (Å²) in [5.41, 5.74) is 7.00. The number of hydrogen-bond donors (Lipinski definition) is 3. The molecule has 0 saturated carbocycles. The Morgan fingerprint density at radius 3 is 2.70 bits per heavy atom. The first-order valence-corrected chi connectivity index (χ1v) is 6.12. The van der Waals surface area contributed by atoms with Gasteiger partial charge in [-0.1, -0.05) is 0 Å². The molecular formula is C13H15N7. The molecule has 4 N–H and O–H groups in total. The SMILES string of the molecule is Cc1cc(N)nc(NCCNc2ccc(C#N)cn2)n1. The van der Waals surface area contributed by atoms with Gasteiger partial charge in [-0.05, 0) is 19.1 Å². The van der Waals surface area contributed by atoms with E-state index < -0.39 is 0 Å². The van der Waals surface area contributed by atoms with E-state index in [-0.39, 0.29) is 0 Å². The number of pyridine rings is 1. The van der Waals surface area contributed by atoms with Crippen molar-refractivity contribution in [3.8, 4) is 6.07 Å². The summed E-state index contributed by atoms with van der Waals surface area (Å²) in [5, 5.41) is 14.9. The van der Waals surface area contributed by atoms with E-state index in [1.807, 2.05) is 13.0 Å². The number of nitrogens with one attached hydrogen (secondary N) is 2. The normalized spacial score (nSPS) is 9.80. The number of nitrogens with zero attached hydrogens (tertiary/aromatic N) is 4. The van der Waals surface area contributed by atoms with E-state index in [2.05, 4.69) is 25.6 Å². The fraction of sp³-hybridized carbons (Fsp3) is 0.231. The van der Waals surface area contributed by atoms with Crippen molar-refractivity contribution in [1.29, 1.82) is 5.26 Å². The molecule has 0 saturated heterocycles. The zero-order valence-corrected chi connectivity index (χ0v) is 11.1. The summed E-state index contributed by atoms with van der Waals surface area (Å²) in [7, 11) is 0. The Labute approximate surface area is 116 Å². The van der Waals surface area contributed by atoms with Gasteiger partial charge in [-0.15, -0.1) is 0 Å². The van der Waals surface area contributed by atoms with Gasteiger partial charge in [0.05, 0.1) is 5.56 Å². The third kappa shape index (κ3) is 3.81. The number of anilines is 3. The molecule has 20 heavy (non-hydrogen) atoms.